The summed E-state index contributed by atoms with van der Waals surface area (Å²) in [6.07, 6.45) is 3.73. The van der Waals surface area contributed by atoms with E-state index in [0.717, 1.165) is 11.3 Å². The van der Waals surface area contributed by atoms with Crippen LogP contribution in [-0.4, -0.2) is 30.0 Å². The van der Waals surface area contributed by atoms with Crippen molar-refractivity contribution in [3.63, 3.8) is 0 Å². The van der Waals surface area contributed by atoms with Gasteiger partial charge in [-0.25, -0.2) is 9.36 Å². The van der Waals surface area contributed by atoms with Crippen molar-refractivity contribution in [1.82, 2.24) is 24.1 Å². The number of rotatable bonds is 5. The lowest BCUT2D eigenvalue weighted by Gasteiger charge is -2.16. The molecule has 0 aliphatic heterocycles. The Labute approximate surface area is 196 Å². The fourth-order valence-electron chi connectivity index (χ4n) is 4.02. The van der Waals surface area contributed by atoms with Gasteiger partial charge in [-0.1, -0.05) is 36.4 Å². The molecule has 0 spiro atoms. The van der Waals surface area contributed by atoms with Gasteiger partial charge in [0.05, 0.1) is 11.4 Å². The first-order chi connectivity index (χ1) is 16.5. The number of aromatic nitrogens is 5. The van der Waals surface area contributed by atoms with Gasteiger partial charge in [-0.3, -0.25) is 9.59 Å². The van der Waals surface area contributed by atoms with E-state index < -0.39 is 6.04 Å². The summed E-state index contributed by atoms with van der Waals surface area (Å²) >= 11 is 0. The maximum Gasteiger partial charge on any atom is 0.280 e. The standard InChI is InChI=1S/C26H24N6O2/c1-17-11-7-8-14-21(17)27-24(33)19(3)31-26(34)22-23(18(2)28-31)29-32(20-12-5-4-6-13-20)25(22)30-15-9-10-16-30/h4-16,19H,1-3H3,(H,27,33)/t19-/m0/s1. The van der Waals surface area contributed by atoms with Crippen LogP contribution >= 0.6 is 0 Å². The van der Waals surface area contributed by atoms with Gasteiger partial charge in [-0.05, 0) is 56.7 Å². The lowest BCUT2D eigenvalue weighted by atomic mass is 10.2. The number of nitrogens with one attached hydrogen (secondary N) is 1. The number of hydrogen-bond acceptors (Lipinski definition) is 4. The summed E-state index contributed by atoms with van der Waals surface area (Å²) in [5.74, 6) is 0.280. The number of anilines is 1. The van der Waals surface area contributed by atoms with E-state index in [9.17, 15) is 9.59 Å². The second-order valence-corrected chi connectivity index (χ2v) is 8.20. The molecular formula is C26H24N6O2. The van der Waals surface area contributed by atoms with Crippen molar-refractivity contribution in [1.29, 1.82) is 0 Å². The van der Waals surface area contributed by atoms with Crippen molar-refractivity contribution in [2.24, 2.45) is 0 Å². The molecule has 0 bridgehead atoms. The Kier molecular flexibility index (Phi) is 5.33. The molecule has 0 fully saturated rings. The predicted molar refractivity (Wildman–Crippen MR) is 132 cm³/mol. The molecule has 8 heteroatoms. The quantitative estimate of drug-likeness (QED) is 0.433. The summed E-state index contributed by atoms with van der Waals surface area (Å²) in [7, 11) is 0. The maximum atomic E-state index is 13.8. The summed E-state index contributed by atoms with van der Waals surface area (Å²) < 4.78 is 4.84. The zero-order chi connectivity index (χ0) is 23.8. The minimum atomic E-state index is -0.826. The molecule has 1 atom stereocenters. The number of amides is 1. The van der Waals surface area contributed by atoms with Gasteiger partial charge in [0.15, 0.2) is 5.82 Å². The molecule has 170 valence electrons. The molecular weight excluding hydrogens is 428 g/mol. The zero-order valence-corrected chi connectivity index (χ0v) is 19.1. The average molecular weight is 453 g/mol. The van der Waals surface area contributed by atoms with Crippen LogP contribution in [0.25, 0.3) is 22.4 Å². The van der Waals surface area contributed by atoms with Gasteiger partial charge in [-0.15, -0.1) is 0 Å². The van der Waals surface area contributed by atoms with E-state index >= 15 is 0 Å². The normalized spacial score (nSPS) is 12.1. The minimum absolute atomic E-state index is 0.319. The van der Waals surface area contributed by atoms with Gasteiger partial charge >= 0.3 is 0 Å². The van der Waals surface area contributed by atoms with Crippen LogP contribution in [0.15, 0.2) is 83.9 Å². The Balaban J connectivity index is 1.68. The molecule has 0 aliphatic carbocycles. The molecule has 3 heterocycles. The Morgan fingerprint density at radius 1 is 0.912 bits per heavy atom. The highest BCUT2D eigenvalue weighted by molar-refractivity contribution is 5.94. The van der Waals surface area contributed by atoms with Crippen LogP contribution < -0.4 is 10.9 Å². The van der Waals surface area contributed by atoms with Crippen LogP contribution in [0.4, 0.5) is 5.69 Å². The third-order valence-electron chi connectivity index (χ3n) is 5.88. The van der Waals surface area contributed by atoms with Crippen molar-refractivity contribution in [2.75, 3.05) is 5.32 Å². The Morgan fingerprint density at radius 2 is 1.59 bits per heavy atom. The SMILES string of the molecule is Cc1ccccc1NC(=O)[C@H](C)n1nc(C)c2nn(-c3ccccc3)c(-n3cccc3)c2c1=O. The van der Waals surface area contributed by atoms with Crippen LogP contribution in [0.2, 0.25) is 0 Å². The van der Waals surface area contributed by atoms with Crippen molar-refractivity contribution in [3.05, 3.63) is 101 Å². The number of carbonyl (C=O) groups excluding carboxylic acids is 1. The molecule has 0 saturated carbocycles. The summed E-state index contributed by atoms with van der Waals surface area (Å²) in [6.45, 7) is 5.39. The lowest BCUT2D eigenvalue weighted by molar-refractivity contribution is -0.119. The fourth-order valence-corrected chi connectivity index (χ4v) is 4.02. The first-order valence-corrected chi connectivity index (χ1v) is 11.0. The monoisotopic (exact) mass is 452 g/mol. The fraction of sp³-hybridized carbons (Fsp3) is 0.154. The van der Waals surface area contributed by atoms with Crippen molar-refractivity contribution in [3.8, 4) is 11.5 Å². The molecule has 1 amide bonds. The zero-order valence-electron chi connectivity index (χ0n) is 19.1. The molecule has 5 aromatic rings. The summed E-state index contributed by atoms with van der Waals surface area (Å²) in [4.78, 5) is 26.8. The molecule has 5 rings (SSSR count). The Morgan fingerprint density at radius 3 is 2.29 bits per heavy atom. The highest BCUT2D eigenvalue weighted by Crippen LogP contribution is 2.25. The van der Waals surface area contributed by atoms with Crippen LogP contribution in [0.5, 0.6) is 0 Å². The van der Waals surface area contributed by atoms with Gasteiger partial charge in [-0.2, -0.15) is 10.2 Å². The van der Waals surface area contributed by atoms with E-state index in [2.05, 4.69) is 10.4 Å². The Hall–Kier alpha value is -4.46. The van der Waals surface area contributed by atoms with E-state index in [1.54, 1.807) is 18.5 Å². The largest absolute Gasteiger partial charge is 0.324 e. The van der Waals surface area contributed by atoms with E-state index in [1.807, 2.05) is 90.6 Å². The minimum Gasteiger partial charge on any atom is -0.324 e. The highest BCUT2D eigenvalue weighted by Gasteiger charge is 2.25. The van der Waals surface area contributed by atoms with E-state index in [-0.39, 0.29) is 11.5 Å². The number of fused-ring (bicyclic) bond motifs is 1. The molecule has 0 aliphatic rings. The van der Waals surface area contributed by atoms with Crippen molar-refractivity contribution < 1.29 is 4.79 Å². The summed E-state index contributed by atoms with van der Waals surface area (Å²) in [6, 6.07) is 20.1. The molecule has 0 saturated heterocycles. The molecule has 0 radical (unpaired) electrons. The molecule has 3 aromatic heterocycles. The molecule has 1 N–H and O–H groups in total. The first kappa shape index (κ1) is 21.4. The van der Waals surface area contributed by atoms with Crippen molar-refractivity contribution >= 4 is 22.5 Å². The van der Waals surface area contributed by atoms with Gasteiger partial charge < -0.3 is 9.88 Å². The molecule has 0 unspecified atom stereocenters. The number of para-hydroxylation sites is 2. The number of hydrogen-bond donors (Lipinski definition) is 1. The average Bonchev–Trinajstić information content (AvgIpc) is 3.51. The van der Waals surface area contributed by atoms with E-state index in [4.69, 9.17) is 5.10 Å². The lowest BCUT2D eigenvalue weighted by Crippen LogP contribution is -2.34. The van der Waals surface area contributed by atoms with E-state index in [1.165, 1.54) is 4.68 Å². The molecule has 2 aromatic carbocycles. The summed E-state index contributed by atoms with van der Waals surface area (Å²) in [5, 5.41) is 12.5. The van der Waals surface area contributed by atoms with Crippen LogP contribution in [0, 0.1) is 13.8 Å². The van der Waals surface area contributed by atoms with Gasteiger partial charge in [0, 0.05) is 18.1 Å². The molecule has 34 heavy (non-hydrogen) atoms. The van der Waals surface area contributed by atoms with Gasteiger partial charge in [0.25, 0.3) is 5.56 Å². The number of nitrogens with zero attached hydrogens (tertiary/aromatic N) is 5. The topological polar surface area (TPSA) is 86.7 Å². The number of benzene rings is 2. The number of aryl methyl sites for hydroxylation is 2. The maximum absolute atomic E-state index is 13.8. The second kappa shape index (κ2) is 8.47. The smallest absolute Gasteiger partial charge is 0.280 e. The van der Waals surface area contributed by atoms with Crippen molar-refractivity contribution in [2.45, 2.75) is 26.8 Å². The first-order valence-electron chi connectivity index (χ1n) is 11.0. The van der Waals surface area contributed by atoms with Crippen LogP contribution in [0.3, 0.4) is 0 Å². The van der Waals surface area contributed by atoms with Crippen LogP contribution in [0.1, 0.15) is 24.2 Å². The van der Waals surface area contributed by atoms with Gasteiger partial charge in [0.2, 0.25) is 5.91 Å². The summed E-state index contributed by atoms with van der Waals surface area (Å²) in [5.41, 5.74) is 3.15. The third kappa shape index (κ3) is 3.59. The highest BCUT2D eigenvalue weighted by atomic mass is 16.2. The number of carbonyl (C=O) groups is 1. The van der Waals surface area contributed by atoms with E-state index in [0.29, 0.717) is 28.1 Å². The predicted octanol–water partition coefficient (Wildman–Crippen LogP) is 4.19. The molecule has 8 nitrogen and oxygen atoms in total. The van der Waals surface area contributed by atoms with Gasteiger partial charge in [0.1, 0.15) is 16.9 Å². The van der Waals surface area contributed by atoms with Crippen LogP contribution in [-0.2, 0) is 4.79 Å². The Bertz CT molecular complexity index is 1550. The third-order valence-corrected chi connectivity index (χ3v) is 5.88. The second-order valence-electron chi connectivity index (χ2n) is 8.20.